The Morgan fingerprint density at radius 1 is 1.24 bits per heavy atom. The Hall–Kier alpha value is -1.10. The van der Waals surface area contributed by atoms with Crippen LogP contribution in [-0.4, -0.2) is 25.1 Å². The predicted molar refractivity (Wildman–Crippen MR) is 104 cm³/mol. The van der Waals surface area contributed by atoms with Gasteiger partial charge < -0.3 is 15.4 Å². The Labute approximate surface area is 157 Å². The lowest BCUT2D eigenvalue weighted by Gasteiger charge is -2.26. The van der Waals surface area contributed by atoms with E-state index in [9.17, 15) is 4.79 Å². The van der Waals surface area contributed by atoms with Gasteiger partial charge in [0.25, 0.3) is 0 Å². The maximum Gasteiger partial charge on any atom is 0.238 e. The number of rotatable bonds is 8. The van der Waals surface area contributed by atoms with Crippen LogP contribution >= 0.6 is 12.4 Å². The topological polar surface area (TPSA) is 50.4 Å². The lowest BCUT2D eigenvalue weighted by atomic mass is 9.89. The summed E-state index contributed by atoms with van der Waals surface area (Å²) in [6, 6.07) is 8.00. The third-order valence-electron chi connectivity index (χ3n) is 5.00. The van der Waals surface area contributed by atoms with Gasteiger partial charge >= 0.3 is 0 Å². The van der Waals surface area contributed by atoms with Crippen molar-refractivity contribution < 1.29 is 9.53 Å². The van der Waals surface area contributed by atoms with E-state index >= 15 is 0 Å². The summed E-state index contributed by atoms with van der Waals surface area (Å²) >= 11 is 0. The number of benzene rings is 1. The van der Waals surface area contributed by atoms with Crippen molar-refractivity contribution >= 4 is 24.0 Å². The Morgan fingerprint density at radius 2 is 2.08 bits per heavy atom. The van der Waals surface area contributed by atoms with Crippen LogP contribution < -0.4 is 10.6 Å². The summed E-state index contributed by atoms with van der Waals surface area (Å²) in [5.74, 6) is 1.59. The standard InChI is InChI=1S/C20H30N2O2.ClH/c1-15-4-2-7-19(10-15)24-14-17-5-3-6-18(11-17)22-20(23)13-21-12-16-8-9-16;/h3,5-6,11,15-16,19,21H,2,4,7-10,12-14H2,1H3,(H,22,23);1H. The molecule has 2 saturated carbocycles. The average Bonchev–Trinajstić information content (AvgIpc) is 3.38. The molecule has 2 aliphatic carbocycles. The molecule has 0 radical (unpaired) electrons. The van der Waals surface area contributed by atoms with E-state index in [1.165, 1.54) is 38.5 Å². The average molecular weight is 367 g/mol. The van der Waals surface area contributed by atoms with Gasteiger partial charge in [-0.1, -0.05) is 31.9 Å². The maximum absolute atomic E-state index is 12.0. The molecule has 2 atom stereocenters. The van der Waals surface area contributed by atoms with Crippen LogP contribution in [-0.2, 0) is 16.1 Å². The monoisotopic (exact) mass is 366 g/mol. The fourth-order valence-corrected chi connectivity index (χ4v) is 3.40. The zero-order chi connectivity index (χ0) is 16.8. The number of nitrogens with one attached hydrogen (secondary N) is 2. The lowest BCUT2D eigenvalue weighted by Crippen LogP contribution is -2.29. The first-order chi connectivity index (χ1) is 11.7. The van der Waals surface area contributed by atoms with Gasteiger partial charge in [-0.3, -0.25) is 4.79 Å². The van der Waals surface area contributed by atoms with E-state index in [0.717, 1.165) is 29.6 Å². The van der Waals surface area contributed by atoms with Crippen LogP contribution in [0.1, 0.15) is 51.0 Å². The highest BCUT2D eigenvalue weighted by atomic mass is 35.5. The summed E-state index contributed by atoms with van der Waals surface area (Å²) in [5.41, 5.74) is 1.98. The molecule has 3 rings (SSSR count). The van der Waals surface area contributed by atoms with Crippen molar-refractivity contribution in [3.63, 3.8) is 0 Å². The van der Waals surface area contributed by atoms with Gasteiger partial charge in [0, 0.05) is 5.69 Å². The van der Waals surface area contributed by atoms with Gasteiger partial charge in [0.1, 0.15) is 0 Å². The van der Waals surface area contributed by atoms with Crippen LogP contribution in [0, 0.1) is 11.8 Å². The van der Waals surface area contributed by atoms with Gasteiger partial charge in [-0.2, -0.15) is 0 Å². The molecule has 1 aromatic carbocycles. The number of hydrogen-bond acceptors (Lipinski definition) is 3. The zero-order valence-electron chi connectivity index (χ0n) is 15.1. The zero-order valence-corrected chi connectivity index (χ0v) is 15.9. The van der Waals surface area contributed by atoms with E-state index in [0.29, 0.717) is 19.3 Å². The molecule has 0 bridgehead atoms. The largest absolute Gasteiger partial charge is 0.374 e. The number of hydrogen-bond donors (Lipinski definition) is 2. The van der Waals surface area contributed by atoms with Gasteiger partial charge in [0.15, 0.2) is 0 Å². The molecule has 0 heterocycles. The number of carbonyl (C=O) groups excluding carboxylic acids is 1. The van der Waals surface area contributed by atoms with Crippen LogP contribution in [0.2, 0.25) is 0 Å². The van der Waals surface area contributed by atoms with Crippen molar-refractivity contribution in [2.75, 3.05) is 18.4 Å². The third kappa shape index (κ3) is 7.35. The van der Waals surface area contributed by atoms with Gasteiger partial charge in [-0.25, -0.2) is 0 Å². The van der Waals surface area contributed by atoms with Crippen LogP contribution in [0.25, 0.3) is 0 Å². The molecule has 1 amide bonds. The molecule has 0 spiro atoms. The highest BCUT2D eigenvalue weighted by Gasteiger charge is 2.21. The number of anilines is 1. The molecular formula is C20H31ClN2O2. The molecule has 0 aromatic heterocycles. The van der Waals surface area contributed by atoms with Gasteiger partial charge in [0.05, 0.1) is 19.3 Å². The number of ether oxygens (including phenoxy) is 1. The van der Waals surface area contributed by atoms with E-state index < -0.39 is 0 Å². The molecule has 2 aliphatic rings. The Morgan fingerprint density at radius 3 is 2.84 bits per heavy atom. The Bertz CT molecular complexity index is 548. The van der Waals surface area contributed by atoms with Crippen molar-refractivity contribution in [2.24, 2.45) is 11.8 Å². The fraction of sp³-hybridized carbons (Fsp3) is 0.650. The van der Waals surface area contributed by atoms with Crippen molar-refractivity contribution in [2.45, 2.75) is 58.2 Å². The second-order valence-electron chi connectivity index (χ2n) is 7.53. The van der Waals surface area contributed by atoms with Gasteiger partial charge in [-0.15, -0.1) is 12.4 Å². The molecule has 1 aromatic rings. The van der Waals surface area contributed by atoms with Gasteiger partial charge in [-0.05, 0) is 61.8 Å². The SMILES string of the molecule is CC1CCCC(OCc2cccc(NC(=O)CNCC3CC3)c2)C1.Cl. The highest BCUT2D eigenvalue weighted by Crippen LogP contribution is 2.27. The summed E-state index contributed by atoms with van der Waals surface area (Å²) in [6.45, 7) is 4.28. The minimum Gasteiger partial charge on any atom is -0.374 e. The first-order valence-electron chi connectivity index (χ1n) is 9.40. The third-order valence-corrected chi connectivity index (χ3v) is 5.00. The first kappa shape index (κ1) is 20.2. The summed E-state index contributed by atoms with van der Waals surface area (Å²) in [6.07, 6.45) is 7.94. The molecule has 4 nitrogen and oxygen atoms in total. The molecule has 0 saturated heterocycles. The lowest BCUT2D eigenvalue weighted by molar-refractivity contribution is -0.115. The number of carbonyl (C=O) groups is 1. The van der Waals surface area contributed by atoms with E-state index in [1.807, 2.05) is 18.2 Å². The molecule has 2 N–H and O–H groups in total. The van der Waals surface area contributed by atoms with Crippen molar-refractivity contribution in [3.05, 3.63) is 29.8 Å². The minimum absolute atomic E-state index is 0. The maximum atomic E-state index is 12.0. The summed E-state index contributed by atoms with van der Waals surface area (Å²) < 4.78 is 6.07. The van der Waals surface area contributed by atoms with E-state index in [2.05, 4.69) is 23.6 Å². The van der Waals surface area contributed by atoms with Crippen LogP contribution in [0.5, 0.6) is 0 Å². The van der Waals surface area contributed by atoms with Crippen molar-refractivity contribution in [1.29, 1.82) is 0 Å². The van der Waals surface area contributed by atoms with Gasteiger partial charge in [0.2, 0.25) is 5.91 Å². The summed E-state index contributed by atoms with van der Waals surface area (Å²) in [7, 11) is 0. The highest BCUT2D eigenvalue weighted by molar-refractivity contribution is 5.92. The quantitative estimate of drug-likeness (QED) is 0.726. The summed E-state index contributed by atoms with van der Waals surface area (Å²) in [5, 5.41) is 6.18. The minimum atomic E-state index is 0. The van der Waals surface area contributed by atoms with Crippen molar-refractivity contribution in [1.82, 2.24) is 5.32 Å². The van der Waals surface area contributed by atoms with Crippen molar-refractivity contribution in [3.8, 4) is 0 Å². The van der Waals surface area contributed by atoms with Crippen LogP contribution in [0.3, 0.4) is 0 Å². The fourth-order valence-electron chi connectivity index (χ4n) is 3.40. The molecular weight excluding hydrogens is 336 g/mol. The molecule has 0 aliphatic heterocycles. The Kier molecular flexibility index (Phi) is 8.20. The van der Waals surface area contributed by atoms with E-state index in [1.54, 1.807) is 0 Å². The molecule has 2 fully saturated rings. The first-order valence-corrected chi connectivity index (χ1v) is 9.40. The molecule has 25 heavy (non-hydrogen) atoms. The van der Waals surface area contributed by atoms with E-state index in [-0.39, 0.29) is 18.3 Å². The number of amides is 1. The van der Waals surface area contributed by atoms with E-state index in [4.69, 9.17) is 4.74 Å². The number of halogens is 1. The second kappa shape index (κ2) is 10.1. The van der Waals surface area contributed by atoms with Crippen LogP contribution in [0.15, 0.2) is 24.3 Å². The molecule has 5 heteroatoms. The molecule has 2 unspecified atom stereocenters. The normalized spacial score (nSPS) is 22.9. The van der Waals surface area contributed by atoms with Crippen LogP contribution in [0.4, 0.5) is 5.69 Å². The molecule has 140 valence electrons. The summed E-state index contributed by atoms with van der Waals surface area (Å²) in [4.78, 5) is 12.0. The Balaban J connectivity index is 0.00000225. The second-order valence-corrected chi connectivity index (χ2v) is 7.53. The smallest absolute Gasteiger partial charge is 0.238 e. The predicted octanol–water partition coefficient (Wildman–Crippen LogP) is 4.14.